The van der Waals surface area contributed by atoms with Crippen molar-refractivity contribution in [2.75, 3.05) is 5.09 Å². The first-order chi connectivity index (χ1) is 9.22. The number of nitrogens with one attached hydrogen (secondary N) is 1. The molecule has 0 amide bonds. The van der Waals surface area contributed by atoms with Crippen LogP contribution >= 0.6 is 8.53 Å². The van der Waals surface area contributed by atoms with E-state index in [9.17, 15) is 4.79 Å². The van der Waals surface area contributed by atoms with Crippen LogP contribution in [-0.4, -0.2) is 5.97 Å². The van der Waals surface area contributed by atoms with Gasteiger partial charge in [0.25, 0.3) is 0 Å². The van der Waals surface area contributed by atoms with E-state index in [2.05, 4.69) is 5.09 Å². The molecule has 0 aromatic heterocycles. The first kappa shape index (κ1) is 12.0. The van der Waals surface area contributed by atoms with Crippen molar-refractivity contribution >= 4 is 20.2 Å². The lowest BCUT2D eigenvalue weighted by Crippen LogP contribution is -2.15. The molecule has 0 aliphatic carbocycles. The van der Waals surface area contributed by atoms with Gasteiger partial charge in [0.1, 0.15) is 11.3 Å². The molecule has 96 valence electrons. The van der Waals surface area contributed by atoms with Crippen molar-refractivity contribution in [3.63, 3.8) is 0 Å². The Labute approximate surface area is 112 Å². The molecule has 4 nitrogen and oxygen atoms in total. The number of aryl methyl sites for hydroxylation is 1. The first-order valence-electron chi connectivity index (χ1n) is 5.85. The monoisotopic (exact) mass is 273 g/mol. The SMILES string of the molecule is Cc1ccc(NP2OC(=O)c3ccccc3O2)cc1. The van der Waals surface area contributed by atoms with Crippen LogP contribution in [0.25, 0.3) is 0 Å². The van der Waals surface area contributed by atoms with Crippen LogP contribution in [0.5, 0.6) is 5.75 Å². The lowest BCUT2D eigenvalue weighted by Gasteiger charge is -2.24. The first-order valence-corrected chi connectivity index (χ1v) is 7.03. The summed E-state index contributed by atoms with van der Waals surface area (Å²) in [6.45, 7) is 2.02. The molecule has 1 unspecified atom stereocenters. The van der Waals surface area contributed by atoms with E-state index in [0.717, 1.165) is 5.69 Å². The Balaban J connectivity index is 1.78. The van der Waals surface area contributed by atoms with E-state index in [4.69, 9.17) is 9.05 Å². The van der Waals surface area contributed by atoms with Crippen LogP contribution in [0.2, 0.25) is 0 Å². The Morgan fingerprint density at radius 2 is 1.74 bits per heavy atom. The molecule has 0 bridgehead atoms. The fourth-order valence-corrected chi connectivity index (χ4v) is 2.80. The second kappa shape index (κ2) is 4.90. The molecule has 0 saturated carbocycles. The van der Waals surface area contributed by atoms with Crippen LogP contribution in [0.15, 0.2) is 48.5 Å². The number of carbonyl (C=O) groups is 1. The van der Waals surface area contributed by atoms with Gasteiger partial charge < -0.3 is 9.05 Å². The van der Waals surface area contributed by atoms with Crippen molar-refractivity contribution in [3.05, 3.63) is 59.7 Å². The summed E-state index contributed by atoms with van der Waals surface area (Å²) in [5.41, 5.74) is 2.50. The van der Waals surface area contributed by atoms with Gasteiger partial charge in [0.15, 0.2) is 0 Å². The van der Waals surface area contributed by atoms with Gasteiger partial charge in [0.05, 0.1) is 0 Å². The zero-order chi connectivity index (χ0) is 13.2. The van der Waals surface area contributed by atoms with E-state index in [0.29, 0.717) is 11.3 Å². The molecule has 1 heterocycles. The smallest absolute Gasteiger partial charge is 0.416 e. The molecule has 1 aliphatic rings. The van der Waals surface area contributed by atoms with E-state index < -0.39 is 8.53 Å². The number of hydrogen-bond donors (Lipinski definition) is 1. The normalized spacial score (nSPS) is 17.1. The second-order valence-electron chi connectivity index (χ2n) is 4.20. The number of anilines is 1. The molecule has 0 saturated heterocycles. The third-order valence-corrected chi connectivity index (χ3v) is 3.86. The molecule has 5 heteroatoms. The largest absolute Gasteiger partial charge is 0.422 e. The van der Waals surface area contributed by atoms with Gasteiger partial charge in [-0.1, -0.05) is 29.8 Å². The van der Waals surface area contributed by atoms with Gasteiger partial charge in [-0.15, -0.1) is 0 Å². The van der Waals surface area contributed by atoms with Crippen molar-refractivity contribution in [1.82, 2.24) is 0 Å². The van der Waals surface area contributed by atoms with E-state index in [1.54, 1.807) is 18.2 Å². The molecule has 1 aliphatic heterocycles. The topological polar surface area (TPSA) is 47.6 Å². The quantitative estimate of drug-likeness (QED) is 0.843. The lowest BCUT2D eigenvalue weighted by molar-refractivity contribution is 0.0723. The average Bonchev–Trinajstić information content (AvgIpc) is 2.42. The van der Waals surface area contributed by atoms with Crippen molar-refractivity contribution < 1.29 is 13.8 Å². The summed E-state index contributed by atoms with van der Waals surface area (Å²) in [6.07, 6.45) is 0. The average molecular weight is 273 g/mol. The summed E-state index contributed by atoms with van der Waals surface area (Å²) in [4.78, 5) is 11.8. The van der Waals surface area contributed by atoms with E-state index >= 15 is 0 Å². The number of fused-ring (bicyclic) bond motifs is 1. The second-order valence-corrected chi connectivity index (χ2v) is 5.30. The maximum Gasteiger partial charge on any atom is 0.416 e. The van der Waals surface area contributed by atoms with Gasteiger partial charge in [0, 0.05) is 5.69 Å². The Kier molecular flexibility index (Phi) is 3.10. The zero-order valence-electron chi connectivity index (χ0n) is 10.3. The number of hydrogen-bond acceptors (Lipinski definition) is 4. The van der Waals surface area contributed by atoms with Crippen molar-refractivity contribution in [3.8, 4) is 5.75 Å². The highest BCUT2D eigenvalue weighted by atomic mass is 31.2. The minimum Gasteiger partial charge on any atom is -0.422 e. The third kappa shape index (κ3) is 2.54. The van der Waals surface area contributed by atoms with E-state index in [1.165, 1.54) is 5.56 Å². The molecular weight excluding hydrogens is 261 g/mol. The van der Waals surface area contributed by atoms with Crippen LogP contribution in [0.3, 0.4) is 0 Å². The zero-order valence-corrected chi connectivity index (χ0v) is 11.2. The van der Waals surface area contributed by atoms with Gasteiger partial charge in [-0.3, -0.25) is 5.09 Å². The Hall–Kier alpha value is -2.06. The highest BCUT2D eigenvalue weighted by Gasteiger charge is 2.29. The van der Waals surface area contributed by atoms with Crippen LogP contribution in [0, 0.1) is 6.92 Å². The molecule has 0 spiro atoms. The minimum absolute atomic E-state index is 0.354. The summed E-state index contributed by atoms with van der Waals surface area (Å²) in [7, 11) is -1.48. The van der Waals surface area contributed by atoms with Crippen LogP contribution in [-0.2, 0) is 4.52 Å². The van der Waals surface area contributed by atoms with Crippen LogP contribution in [0.1, 0.15) is 15.9 Å². The molecule has 2 aromatic carbocycles. The summed E-state index contributed by atoms with van der Waals surface area (Å²) in [5.74, 6) is 0.206. The molecule has 2 aromatic rings. The van der Waals surface area contributed by atoms with Gasteiger partial charge >= 0.3 is 14.5 Å². The van der Waals surface area contributed by atoms with Crippen molar-refractivity contribution in [2.45, 2.75) is 6.92 Å². The standard InChI is InChI=1S/C14H12NO3P/c1-10-6-8-11(9-7-10)15-19-17-13-5-3-2-4-12(13)14(16)18-19/h2-9,15H,1H3. The summed E-state index contributed by atoms with van der Waals surface area (Å²) < 4.78 is 10.9. The minimum atomic E-state index is -1.48. The van der Waals surface area contributed by atoms with Crippen LogP contribution < -0.4 is 9.61 Å². The van der Waals surface area contributed by atoms with Gasteiger partial charge in [-0.25, -0.2) is 4.79 Å². The molecule has 1 atom stereocenters. The van der Waals surface area contributed by atoms with Crippen molar-refractivity contribution in [2.24, 2.45) is 0 Å². The van der Waals surface area contributed by atoms with E-state index in [-0.39, 0.29) is 5.97 Å². The van der Waals surface area contributed by atoms with Crippen molar-refractivity contribution in [1.29, 1.82) is 0 Å². The predicted molar refractivity (Wildman–Crippen MR) is 74.2 cm³/mol. The fourth-order valence-electron chi connectivity index (χ4n) is 1.73. The maximum atomic E-state index is 11.8. The summed E-state index contributed by atoms with van der Waals surface area (Å²) in [5, 5.41) is 3.08. The molecule has 19 heavy (non-hydrogen) atoms. The molecule has 1 N–H and O–H groups in total. The number of rotatable bonds is 2. The summed E-state index contributed by atoms with van der Waals surface area (Å²) in [6, 6.07) is 14.9. The highest BCUT2D eigenvalue weighted by molar-refractivity contribution is 7.50. The molecule has 3 rings (SSSR count). The summed E-state index contributed by atoms with van der Waals surface area (Å²) >= 11 is 0. The third-order valence-electron chi connectivity index (χ3n) is 2.73. The highest BCUT2D eigenvalue weighted by Crippen LogP contribution is 2.45. The van der Waals surface area contributed by atoms with E-state index in [1.807, 2.05) is 37.3 Å². The maximum absolute atomic E-state index is 11.8. The van der Waals surface area contributed by atoms with Gasteiger partial charge in [-0.2, -0.15) is 0 Å². The van der Waals surface area contributed by atoms with Crippen LogP contribution in [0.4, 0.5) is 5.69 Å². The predicted octanol–water partition coefficient (Wildman–Crippen LogP) is 3.88. The Bertz CT molecular complexity index is 612. The Morgan fingerprint density at radius 3 is 2.53 bits per heavy atom. The fraction of sp³-hybridized carbons (Fsp3) is 0.0714. The van der Waals surface area contributed by atoms with Gasteiger partial charge in [0.2, 0.25) is 0 Å². The lowest BCUT2D eigenvalue weighted by atomic mass is 10.2. The molecule has 0 radical (unpaired) electrons. The molecule has 0 fully saturated rings. The Morgan fingerprint density at radius 1 is 1.00 bits per heavy atom. The number of benzene rings is 2. The van der Waals surface area contributed by atoms with Gasteiger partial charge in [-0.05, 0) is 31.2 Å². The number of para-hydroxylation sites is 1. The number of carbonyl (C=O) groups excluding carboxylic acids is 1. The molecular formula is C14H12NO3P.